The summed E-state index contributed by atoms with van der Waals surface area (Å²) in [6.07, 6.45) is 53.2. The Morgan fingerprint density at radius 2 is 0.895 bits per heavy atom. The van der Waals surface area contributed by atoms with Crippen LogP contribution >= 0.6 is 0 Å². The number of hydrogen-bond acceptors (Lipinski definition) is 5. The van der Waals surface area contributed by atoms with E-state index >= 15 is 0 Å². The fourth-order valence-corrected chi connectivity index (χ4v) is 7.14. The van der Waals surface area contributed by atoms with E-state index in [1.165, 1.54) is 103 Å². The van der Waals surface area contributed by atoms with Gasteiger partial charge in [-0.3, -0.25) is 9.59 Å². The Morgan fingerprint density at radius 3 is 1.42 bits per heavy atom. The molecule has 0 fully saturated rings. The van der Waals surface area contributed by atoms with Crippen LogP contribution in [0.2, 0.25) is 0 Å². The number of unbranched alkanes of at least 4 members (excludes halogenated alkanes) is 23. The fourth-order valence-electron chi connectivity index (χ4n) is 7.14. The molecule has 332 valence electrons. The van der Waals surface area contributed by atoms with Crippen molar-refractivity contribution in [2.75, 3.05) is 6.61 Å². The van der Waals surface area contributed by atoms with Crippen molar-refractivity contribution in [1.29, 1.82) is 0 Å². The van der Waals surface area contributed by atoms with E-state index < -0.39 is 18.2 Å². The molecule has 0 saturated heterocycles. The van der Waals surface area contributed by atoms with Crippen LogP contribution in [0.25, 0.3) is 0 Å². The molecule has 0 heterocycles. The van der Waals surface area contributed by atoms with Crippen molar-refractivity contribution in [2.45, 2.75) is 257 Å². The van der Waals surface area contributed by atoms with E-state index in [4.69, 9.17) is 4.74 Å². The third kappa shape index (κ3) is 40.4. The molecule has 6 nitrogen and oxygen atoms in total. The molecule has 3 N–H and O–H groups in total. The number of nitrogens with one attached hydrogen (secondary N) is 1. The Morgan fingerprint density at radius 1 is 0.509 bits per heavy atom. The quantitative estimate of drug-likeness (QED) is 0.0324. The highest BCUT2D eigenvalue weighted by Gasteiger charge is 2.24. The number of allylic oxidation sites excluding steroid dienone is 8. The van der Waals surface area contributed by atoms with Gasteiger partial charge in [-0.2, -0.15) is 0 Å². The van der Waals surface area contributed by atoms with Gasteiger partial charge in [0.1, 0.15) is 6.10 Å². The average molecular weight is 800 g/mol. The lowest BCUT2D eigenvalue weighted by Gasteiger charge is -2.24. The van der Waals surface area contributed by atoms with Crippen molar-refractivity contribution in [1.82, 2.24) is 5.32 Å². The number of esters is 1. The first-order chi connectivity index (χ1) is 28.0. The van der Waals surface area contributed by atoms with Crippen molar-refractivity contribution >= 4 is 11.9 Å². The van der Waals surface area contributed by atoms with Crippen LogP contribution in [0.3, 0.4) is 0 Å². The maximum absolute atomic E-state index is 13.1. The molecule has 0 radical (unpaired) electrons. The lowest BCUT2D eigenvalue weighted by Crippen LogP contribution is -2.46. The molecule has 57 heavy (non-hydrogen) atoms. The Labute approximate surface area is 353 Å². The first-order valence-electron chi connectivity index (χ1n) is 24.4. The standard InChI is InChI=1S/C51H93NO5/c1-4-7-10-13-16-19-21-22-23-24-25-26-27-28-29-32-35-38-41-44-51(56)57-47(42-39-36-33-31-20-17-14-11-8-5-2)45-50(55)52-48(46-53)49(54)43-40-37-34-30-18-15-12-9-6-3/h16-17,19-20,22-23,25-26,47-49,53-54H,4-15,18,21,24,27-46H2,1-3H3,(H,52,55)/b19-16-,20-17-,23-22-,26-25-. The van der Waals surface area contributed by atoms with E-state index in [1.807, 2.05) is 0 Å². The third-order valence-corrected chi connectivity index (χ3v) is 10.9. The molecule has 3 atom stereocenters. The second kappa shape index (κ2) is 44.9. The summed E-state index contributed by atoms with van der Waals surface area (Å²) < 4.78 is 5.90. The van der Waals surface area contributed by atoms with E-state index in [0.29, 0.717) is 19.3 Å². The van der Waals surface area contributed by atoms with Crippen LogP contribution in [-0.2, 0) is 14.3 Å². The van der Waals surface area contributed by atoms with Crippen LogP contribution in [0.4, 0.5) is 0 Å². The molecular formula is C51H93NO5. The van der Waals surface area contributed by atoms with Gasteiger partial charge in [0, 0.05) is 6.42 Å². The van der Waals surface area contributed by atoms with Gasteiger partial charge in [0.25, 0.3) is 0 Å². The van der Waals surface area contributed by atoms with E-state index in [1.54, 1.807) is 0 Å². The molecule has 0 aromatic carbocycles. The van der Waals surface area contributed by atoms with Crippen LogP contribution in [0, 0.1) is 0 Å². The minimum absolute atomic E-state index is 0.0611. The molecule has 0 aromatic rings. The smallest absolute Gasteiger partial charge is 0.306 e. The van der Waals surface area contributed by atoms with Gasteiger partial charge in [0.2, 0.25) is 5.91 Å². The lowest BCUT2D eigenvalue weighted by atomic mass is 10.0. The molecule has 1 amide bonds. The van der Waals surface area contributed by atoms with E-state index in [-0.39, 0.29) is 24.9 Å². The Hall–Kier alpha value is -2.18. The van der Waals surface area contributed by atoms with Crippen LogP contribution in [0.5, 0.6) is 0 Å². The molecule has 0 aliphatic heterocycles. The normalized spacial score (nSPS) is 13.7. The number of hydrogen-bond donors (Lipinski definition) is 3. The Bertz CT molecular complexity index is 988. The van der Waals surface area contributed by atoms with Crippen LogP contribution in [-0.4, -0.2) is 46.9 Å². The fraction of sp³-hybridized carbons (Fsp3) is 0.804. The van der Waals surface area contributed by atoms with E-state index in [2.05, 4.69) is 74.7 Å². The molecule has 0 saturated carbocycles. The first kappa shape index (κ1) is 54.8. The van der Waals surface area contributed by atoms with Crippen LogP contribution < -0.4 is 5.32 Å². The van der Waals surface area contributed by atoms with Gasteiger partial charge >= 0.3 is 5.97 Å². The summed E-state index contributed by atoms with van der Waals surface area (Å²) in [5.41, 5.74) is 0. The van der Waals surface area contributed by atoms with Gasteiger partial charge in [0.05, 0.1) is 25.2 Å². The number of ether oxygens (including phenoxy) is 1. The number of amides is 1. The summed E-state index contributed by atoms with van der Waals surface area (Å²) in [5.74, 6) is -0.505. The second-order valence-corrected chi connectivity index (χ2v) is 16.5. The second-order valence-electron chi connectivity index (χ2n) is 16.5. The summed E-state index contributed by atoms with van der Waals surface area (Å²) in [5, 5.41) is 23.6. The van der Waals surface area contributed by atoms with Crippen LogP contribution in [0.1, 0.15) is 239 Å². The van der Waals surface area contributed by atoms with Crippen molar-refractivity contribution in [2.24, 2.45) is 0 Å². The van der Waals surface area contributed by atoms with Crippen molar-refractivity contribution in [3.05, 3.63) is 48.6 Å². The molecule has 0 aliphatic rings. The highest BCUT2D eigenvalue weighted by atomic mass is 16.5. The number of aliphatic hydroxyl groups is 2. The van der Waals surface area contributed by atoms with E-state index in [9.17, 15) is 19.8 Å². The first-order valence-corrected chi connectivity index (χ1v) is 24.4. The molecule has 0 rings (SSSR count). The third-order valence-electron chi connectivity index (χ3n) is 10.9. The summed E-state index contributed by atoms with van der Waals surface area (Å²) in [6.45, 7) is 6.39. The minimum atomic E-state index is -0.791. The number of rotatable bonds is 43. The molecular weight excluding hydrogens is 707 g/mol. The monoisotopic (exact) mass is 800 g/mol. The minimum Gasteiger partial charge on any atom is -0.462 e. The molecule has 3 unspecified atom stereocenters. The van der Waals surface area contributed by atoms with Crippen molar-refractivity contribution < 1.29 is 24.5 Å². The average Bonchev–Trinajstić information content (AvgIpc) is 3.20. The predicted octanol–water partition coefficient (Wildman–Crippen LogP) is 14.3. The SMILES string of the molecule is CCCCC/C=C\C/C=C\C/C=C\CCCCCCCCC(=O)OC(CCCCC/C=C\CCCCC)CC(=O)NC(CO)C(O)CCCCCCCCCCC. The van der Waals surface area contributed by atoms with Crippen molar-refractivity contribution in [3.8, 4) is 0 Å². The molecule has 6 heteroatoms. The zero-order valence-electron chi connectivity index (χ0n) is 37.7. The molecule has 0 aliphatic carbocycles. The number of carbonyl (C=O) groups is 2. The maximum atomic E-state index is 13.1. The zero-order valence-corrected chi connectivity index (χ0v) is 37.7. The largest absolute Gasteiger partial charge is 0.462 e. The van der Waals surface area contributed by atoms with Gasteiger partial charge in [-0.25, -0.2) is 0 Å². The van der Waals surface area contributed by atoms with Crippen molar-refractivity contribution in [3.63, 3.8) is 0 Å². The summed E-state index contributed by atoms with van der Waals surface area (Å²) in [6, 6.07) is -0.706. The van der Waals surface area contributed by atoms with E-state index in [0.717, 1.165) is 89.9 Å². The highest BCUT2D eigenvalue weighted by molar-refractivity contribution is 5.77. The van der Waals surface area contributed by atoms with Gasteiger partial charge in [-0.15, -0.1) is 0 Å². The summed E-state index contributed by atoms with van der Waals surface area (Å²) >= 11 is 0. The molecule has 0 bridgehead atoms. The van der Waals surface area contributed by atoms with Crippen LogP contribution in [0.15, 0.2) is 48.6 Å². The Kier molecular flexibility index (Phi) is 43.2. The maximum Gasteiger partial charge on any atom is 0.306 e. The zero-order chi connectivity index (χ0) is 41.7. The Balaban J connectivity index is 4.52. The molecule has 0 aromatic heterocycles. The summed E-state index contributed by atoms with van der Waals surface area (Å²) in [7, 11) is 0. The lowest BCUT2D eigenvalue weighted by molar-refractivity contribution is -0.151. The predicted molar refractivity (Wildman–Crippen MR) is 245 cm³/mol. The number of carbonyl (C=O) groups excluding carboxylic acids is 2. The van der Waals surface area contributed by atoms with Gasteiger partial charge in [-0.05, 0) is 89.9 Å². The van der Waals surface area contributed by atoms with Gasteiger partial charge in [0.15, 0.2) is 0 Å². The highest BCUT2D eigenvalue weighted by Crippen LogP contribution is 2.17. The van der Waals surface area contributed by atoms with Gasteiger partial charge in [-0.1, -0.05) is 185 Å². The topological polar surface area (TPSA) is 95.9 Å². The number of aliphatic hydroxyl groups excluding tert-OH is 2. The van der Waals surface area contributed by atoms with Gasteiger partial charge < -0.3 is 20.3 Å². The summed E-state index contributed by atoms with van der Waals surface area (Å²) in [4.78, 5) is 26.0. The molecule has 0 spiro atoms.